The molecule has 1 aromatic carbocycles. The second kappa shape index (κ2) is 8.00. The predicted octanol–water partition coefficient (Wildman–Crippen LogP) is 4.80. The fourth-order valence-electron chi connectivity index (χ4n) is 4.13. The van der Waals surface area contributed by atoms with Gasteiger partial charge >= 0.3 is 0 Å². The lowest BCUT2D eigenvalue weighted by molar-refractivity contribution is -0.131. The zero-order chi connectivity index (χ0) is 21.5. The van der Waals surface area contributed by atoms with Gasteiger partial charge in [-0.1, -0.05) is 51.1 Å². The number of nitrogens with zero attached hydrogens (tertiary/aromatic N) is 1. The van der Waals surface area contributed by atoms with E-state index in [0.717, 1.165) is 18.4 Å². The van der Waals surface area contributed by atoms with Crippen LogP contribution in [0.25, 0.3) is 0 Å². The molecule has 30 heavy (non-hydrogen) atoms. The van der Waals surface area contributed by atoms with Gasteiger partial charge in [0.15, 0.2) is 5.76 Å². The van der Waals surface area contributed by atoms with E-state index in [1.54, 1.807) is 17.0 Å². The summed E-state index contributed by atoms with van der Waals surface area (Å²) in [5.41, 5.74) is 2.14. The fraction of sp³-hybridized carbons (Fsp3) is 0.417. The molecule has 1 saturated heterocycles. The molecule has 0 radical (unpaired) electrons. The quantitative estimate of drug-likeness (QED) is 0.699. The number of amides is 1. The molecule has 4 rings (SSSR count). The van der Waals surface area contributed by atoms with Crippen LogP contribution in [0, 0.1) is 0 Å². The van der Waals surface area contributed by atoms with Gasteiger partial charge in [-0.3, -0.25) is 9.59 Å². The summed E-state index contributed by atoms with van der Waals surface area (Å²) < 4.78 is 5.74. The summed E-state index contributed by atoms with van der Waals surface area (Å²) in [5, 5.41) is 12.5. The summed E-state index contributed by atoms with van der Waals surface area (Å²) in [6.07, 6.45) is 1.75. The van der Waals surface area contributed by atoms with Crippen LogP contribution in [0.2, 0.25) is 0 Å². The second-order valence-corrected chi connectivity index (χ2v) is 9.88. The van der Waals surface area contributed by atoms with Gasteiger partial charge in [-0.2, -0.15) is 0 Å². The van der Waals surface area contributed by atoms with Crippen molar-refractivity contribution in [1.29, 1.82) is 0 Å². The van der Waals surface area contributed by atoms with Gasteiger partial charge in [0.05, 0.1) is 22.6 Å². The molecule has 3 heterocycles. The first-order valence-electron chi connectivity index (χ1n) is 10.3. The standard InChI is InChI=1S/C24H27NO4S/c1-24(2,3)16-10-8-15(9-11-16)20-19(21(26)18-7-5-13-30-18)22(27)23(28)25(20)14-17-6-4-12-29-17/h5,7-11,13,17,20,27H,4,6,12,14H2,1-3H3. The maximum atomic E-state index is 13.2. The molecule has 1 amide bonds. The minimum atomic E-state index is -0.620. The van der Waals surface area contributed by atoms with E-state index >= 15 is 0 Å². The molecule has 1 N–H and O–H groups in total. The number of rotatable bonds is 5. The number of thiophene rings is 1. The number of benzene rings is 1. The number of Topliss-reactive ketones (excluding diaryl/α,β-unsaturated/α-hetero) is 1. The number of aliphatic hydroxyl groups excluding tert-OH is 1. The Hall–Kier alpha value is -2.44. The van der Waals surface area contributed by atoms with E-state index in [2.05, 4.69) is 20.8 Å². The first-order valence-corrected chi connectivity index (χ1v) is 11.2. The monoisotopic (exact) mass is 425 g/mol. The molecule has 0 spiro atoms. The number of ketones is 1. The van der Waals surface area contributed by atoms with Crippen molar-refractivity contribution in [2.75, 3.05) is 13.2 Å². The molecule has 1 aromatic heterocycles. The fourth-order valence-corrected chi connectivity index (χ4v) is 4.81. The lowest BCUT2D eigenvalue weighted by Gasteiger charge is -2.29. The Balaban J connectivity index is 1.75. The molecule has 1 fully saturated rings. The number of hydrogen-bond acceptors (Lipinski definition) is 5. The molecule has 0 saturated carbocycles. The van der Waals surface area contributed by atoms with Crippen molar-refractivity contribution >= 4 is 23.0 Å². The average molecular weight is 426 g/mol. The molecular formula is C24H27NO4S. The highest BCUT2D eigenvalue weighted by atomic mass is 32.1. The largest absolute Gasteiger partial charge is 0.503 e. The zero-order valence-electron chi connectivity index (χ0n) is 17.6. The molecule has 0 bridgehead atoms. The van der Waals surface area contributed by atoms with Crippen LogP contribution < -0.4 is 0 Å². The summed E-state index contributed by atoms with van der Waals surface area (Å²) in [5.74, 6) is -1.25. The Morgan fingerprint density at radius 1 is 1.23 bits per heavy atom. The van der Waals surface area contributed by atoms with Crippen LogP contribution in [0.4, 0.5) is 0 Å². The van der Waals surface area contributed by atoms with Crippen molar-refractivity contribution < 1.29 is 19.4 Å². The minimum absolute atomic E-state index is 0.00496. The Labute approximate surface area is 181 Å². The summed E-state index contributed by atoms with van der Waals surface area (Å²) in [6.45, 7) is 7.46. The number of carbonyl (C=O) groups excluding carboxylic acids is 2. The van der Waals surface area contributed by atoms with E-state index in [1.807, 2.05) is 29.6 Å². The number of carbonyl (C=O) groups is 2. The molecule has 0 aliphatic carbocycles. The molecule has 6 heteroatoms. The Bertz CT molecular complexity index is 964. The maximum Gasteiger partial charge on any atom is 0.290 e. The predicted molar refractivity (Wildman–Crippen MR) is 117 cm³/mol. The van der Waals surface area contributed by atoms with Crippen molar-refractivity contribution in [3.05, 3.63) is 69.1 Å². The van der Waals surface area contributed by atoms with Crippen LogP contribution in [0.15, 0.2) is 53.1 Å². The molecule has 2 aliphatic heterocycles. The average Bonchev–Trinajstić information content (AvgIpc) is 3.46. The lowest BCUT2D eigenvalue weighted by Crippen LogP contribution is -2.37. The molecule has 5 nitrogen and oxygen atoms in total. The Morgan fingerprint density at radius 3 is 2.53 bits per heavy atom. The smallest absolute Gasteiger partial charge is 0.290 e. The first-order chi connectivity index (χ1) is 14.3. The molecular weight excluding hydrogens is 398 g/mol. The topological polar surface area (TPSA) is 66.8 Å². The van der Waals surface area contributed by atoms with Gasteiger partial charge in [-0.25, -0.2) is 0 Å². The minimum Gasteiger partial charge on any atom is -0.503 e. The van der Waals surface area contributed by atoms with Crippen LogP contribution in [-0.4, -0.2) is 41.0 Å². The molecule has 2 aromatic rings. The van der Waals surface area contributed by atoms with Gasteiger partial charge in [-0.15, -0.1) is 11.3 Å². The van der Waals surface area contributed by atoms with Crippen molar-refractivity contribution in [3.63, 3.8) is 0 Å². The van der Waals surface area contributed by atoms with Crippen LogP contribution in [-0.2, 0) is 14.9 Å². The third-order valence-corrected chi connectivity index (χ3v) is 6.68. The lowest BCUT2D eigenvalue weighted by atomic mass is 9.85. The van der Waals surface area contributed by atoms with Crippen molar-refractivity contribution in [2.45, 2.75) is 51.2 Å². The number of aliphatic hydroxyl groups is 1. The summed E-state index contributed by atoms with van der Waals surface area (Å²) in [7, 11) is 0. The van der Waals surface area contributed by atoms with Crippen LogP contribution >= 0.6 is 11.3 Å². The van der Waals surface area contributed by atoms with Crippen molar-refractivity contribution in [3.8, 4) is 0 Å². The van der Waals surface area contributed by atoms with E-state index in [-0.39, 0.29) is 22.9 Å². The van der Waals surface area contributed by atoms with Gasteiger partial charge < -0.3 is 14.7 Å². The third-order valence-electron chi connectivity index (χ3n) is 5.81. The Morgan fingerprint density at radius 2 is 1.97 bits per heavy atom. The second-order valence-electron chi connectivity index (χ2n) is 8.94. The van der Waals surface area contributed by atoms with Crippen molar-refractivity contribution in [1.82, 2.24) is 4.90 Å². The van der Waals surface area contributed by atoms with Gasteiger partial charge in [0.25, 0.3) is 5.91 Å². The van der Waals surface area contributed by atoms with E-state index in [9.17, 15) is 14.7 Å². The van der Waals surface area contributed by atoms with Crippen LogP contribution in [0.5, 0.6) is 0 Å². The van der Waals surface area contributed by atoms with E-state index in [4.69, 9.17) is 4.74 Å². The van der Waals surface area contributed by atoms with Gasteiger partial charge in [0.1, 0.15) is 0 Å². The van der Waals surface area contributed by atoms with Gasteiger partial charge in [0.2, 0.25) is 5.78 Å². The highest BCUT2D eigenvalue weighted by Gasteiger charge is 2.45. The van der Waals surface area contributed by atoms with Crippen LogP contribution in [0.3, 0.4) is 0 Å². The molecule has 158 valence electrons. The van der Waals surface area contributed by atoms with Crippen LogP contribution in [0.1, 0.15) is 60.5 Å². The third kappa shape index (κ3) is 3.82. The molecule has 2 aliphatic rings. The Kier molecular flexibility index (Phi) is 5.55. The van der Waals surface area contributed by atoms with Crippen molar-refractivity contribution in [2.24, 2.45) is 0 Å². The summed E-state index contributed by atoms with van der Waals surface area (Å²) in [6, 6.07) is 10.9. The van der Waals surface area contributed by atoms with Gasteiger partial charge in [0, 0.05) is 13.2 Å². The summed E-state index contributed by atoms with van der Waals surface area (Å²) in [4.78, 5) is 28.3. The highest BCUT2D eigenvalue weighted by Crippen LogP contribution is 2.40. The number of ether oxygens (including phenoxy) is 1. The highest BCUT2D eigenvalue weighted by molar-refractivity contribution is 7.12. The first kappa shape index (κ1) is 20.8. The van der Waals surface area contributed by atoms with Gasteiger partial charge in [-0.05, 0) is 40.8 Å². The zero-order valence-corrected chi connectivity index (χ0v) is 18.4. The molecule has 2 unspecified atom stereocenters. The molecule has 2 atom stereocenters. The summed E-state index contributed by atoms with van der Waals surface area (Å²) >= 11 is 1.31. The van der Waals surface area contributed by atoms with E-state index in [1.165, 1.54) is 16.9 Å². The maximum absolute atomic E-state index is 13.2. The van der Waals surface area contributed by atoms with E-state index < -0.39 is 17.7 Å². The van der Waals surface area contributed by atoms with E-state index in [0.29, 0.717) is 18.0 Å². The normalized spacial score (nSPS) is 22.2. The number of hydrogen-bond donors (Lipinski definition) is 1. The SMILES string of the molecule is CC(C)(C)c1ccc(C2C(C(=O)c3cccs3)=C(O)C(=O)N2CC2CCCO2)cc1.